The van der Waals surface area contributed by atoms with E-state index in [1.165, 1.54) is 0 Å². The van der Waals surface area contributed by atoms with Crippen molar-refractivity contribution < 1.29 is 14.7 Å². The van der Waals surface area contributed by atoms with Gasteiger partial charge in [0.2, 0.25) is 0 Å². The molecule has 1 saturated carbocycles. The number of aryl methyl sites for hydroxylation is 1. The topological polar surface area (TPSA) is 87.5 Å². The van der Waals surface area contributed by atoms with Crippen molar-refractivity contribution in [1.29, 1.82) is 0 Å². The van der Waals surface area contributed by atoms with E-state index < -0.39 is 5.97 Å². The van der Waals surface area contributed by atoms with E-state index in [0.29, 0.717) is 12.8 Å². The first kappa shape index (κ1) is 16.8. The van der Waals surface area contributed by atoms with Crippen LogP contribution in [0.3, 0.4) is 0 Å². The molecular formula is C17H26N4O3. The standard InChI is InChI=1S/C17H26N4O3/c1-20-14(9-10-18-20)15-4-2-3-11-21(15)17(24)19-13-7-5-12(6-8-13)16(22)23/h9-10,12-13,15H,2-8,11H2,1H3,(H,19,24)(H,22,23). The molecule has 0 spiro atoms. The largest absolute Gasteiger partial charge is 0.481 e. The molecule has 0 bridgehead atoms. The number of piperidine rings is 1. The van der Waals surface area contributed by atoms with Crippen LogP contribution in [0.1, 0.15) is 56.7 Å². The van der Waals surface area contributed by atoms with E-state index in [0.717, 1.165) is 44.3 Å². The number of nitrogens with zero attached hydrogens (tertiary/aromatic N) is 3. The highest BCUT2D eigenvalue weighted by atomic mass is 16.4. The van der Waals surface area contributed by atoms with Gasteiger partial charge in [0.05, 0.1) is 17.7 Å². The molecule has 0 aromatic carbocycles. The van der Waals surface area contributed by atoms with Gasteiger partial charge in [-0.25, -0.2) is 4.79 Å². The third kappa shape index (κ3) is 3.55. The van der Waals surface area contributed by atoms with Crippen LogP contribution in [0.15, 0.2) is 12.3 Å². The molecule has 24 heavy (non-hydrogen) atoms. The van der Waals surface area contributed by atoms with Gasteiger partial charge in [-0.2, -0.15) is 5.10 Å². The fourth-order valence-electron chi connectivity index (χ4n) is 3.94. The maximum absolute atomic E-state index is 12.8. The molecule has 7 heteroatoms. The van der Waals surface area contributed by atoms with E-state index in [-0.39, 0.29) is 24.0 Å². The molecule has 2 N–H and O–H groups in total. The number of aliphatic carboxylic acids is 1. The quantitative estimate of drug-likeness (QED) is 0.888. The van der Waals surface area contributed by atoms with Crippen LogP contribution >= 0.6 is 0 Å². The van der Waals surface area contributed by atoms with Gasteiger partial charge in [-0.3, -0.25) is 9.48 Å². The number of hydrogen-bond donors (Lipinski definition) is 2. The Labute approximate surface area is 142 Å². The molecule has 2 amide bonds. The first-order valence-corrected chi connectivity index (χ1v) is 8.84. The first-order valence-electron chi connectivity index (χ1n) is 8.84. The van der Waals surface area contributed by atoms with Gasteiger partial charge in [0, 0.05) is 25.8 Å². The van der Waals surface area contributed by atoms with Crippen molar-refractivity contribution in [2.24, 2.45) is 13.0 Å². The van der Waals surface area contributed by atoms with E-state index in [9.17, 15) is 9.59 Å². The minimum Gasteiger partial charge on any atom is -0.481 e. The van der Waals surface area contributed by atoms with Crippen LogP contribution in [0.4, 0.5) is 4.79 Å². The molecule has 1 saturated heterocycles. The van der Waals surface area contributed by atoms with Crippen LogP contribution in [0, 0.1) is 5.92 Å². The maximum Gasteiger partial charge on any atom is 0.318 e. The normalized spacial score (nSPS) is 27.7. The molecule has 1 aliphatic carbocycles. The van der Waals surface area contributed by atoms with E-state index in [1.807, 2.05) is 22.7 Å². The number of aromatic nitrogens is 2. The fraction of sp³-hybridized carbons (Fsp3) is 0.706. The summed E-state index contributed by atoms with van der Waals surface area (Å²) in [6.45, 7) is 0.756. The number of rotatable bonds is 3. The number of hydrogen-bond acceptors (Lipinski definition) is 3. The summed E-state index contributed by atoms with van der Waals surface area (Å²) in [6, 6.07) is 2.11. The van der Waals surface area contributed by atoms with Crippen LogP contribution in [0.5, 0.6) is 0 Å². The molecule has 3 rings (SSSR count). The average Bonchev–Trinajstić information content (AvgIpc) is 3.01. The van der Waals surface area contributed by atoms with E-state index in [1.54, 1.807) is 6.20 Å². The Morgan fingerprint density at radius 1 is 1.21 bits per heavy atom. The Balaban J connectivity index is 1.61. The van der Waals surface area contributed by atoms with Crippen LogP contribution in [0.2, 0.25) is 0 Å². The summed E-state index contributed by atoms with van der Waals surface area (Å²) >= 11 is 0. The third-order valence-corrected chi connectivity index (χ3v) is 5.37. The third-order valence-electron chi connectivity index (χ3n) is 5.37. The second kappa shape index (κ2) is 7.23. The number of nitrogens with one attached hydrogen (secondary N) is 1. The maximum atomic E-state index is 12.8. The van der Waals surface area contributed by atoms with Gasteiger partial charge >= 0.3 is 12.0 Å². The van der Waals surface area contributed by atoms with Gasteiger partial charge in [-0.1, -0.05) is 0 Å². The average molecular weight is 334 g/mol. The Kier molecular flexibility index (Phi) is 5.06. The number of amides is 2. The lowest BCUT2D eigenvalue weighted by Crippen LogP contribution is -2.49. The number of likely N-dealkylation sites (tertiary alicyclic amines) is 1. The summed E-state index contributed by atoms with van der Waals surface area (Å²) in [5, 5.41) is 16.4. The van der Waals surface area contributed by atoms with Crippen LogP contribution in [0.25, 0.3) is 0 Å². The second-order valence-corrected chi connectivity index (χ2v) is 6.92. The molecular weight excluding hydrogens is 308 g/mol. The number of carboxylic acids is 1. The zero-order valence-electron chi connectivity index (χ0n) is 14.1. The summed E-state index contributed by atoms with van der Waals surface area (Å²) in [4.78, 5) is 25.7. The van der Waals surface area contributed by atoms with Crippen molar-refractivity contribution >= 4 is 12.0 Å². The SMILES string of the molecule is Cn1nccc1C1CCCCN1C(=O)NC1CCC(C(=O)O)CC1. The van der Waals surface area contributed by atoms with Gasteiger partial charge in [-0.05, 0) is 51.0 Å². The molecule has 1 aromatic rings. The fourth-order valence-corrected chi connectivity index (χ4v) is 3.94. The van der Waals surface area contributed by atoms with Crippen molar-refractivity contribution in [3.05, 3.63) is 18.0 Å². The Hall–Kier alpha value is -2.05. The molecule has 1 aliphatic heterocycles. The highest BCUT2D eigenvalue weighted by Crippen LogP contribution is 2.31. The van der Waals surface area contributed by atoms with Crippen molar-refractivity contribution in [2.75, 3.05) is 6.54 Å². The molecule has 1 unspecified atom stereocenters. The minimum atomic E-state index is -0.716. The van der Waals surface area contributed by atoms with E-state index in [4.69, 9.17) is 5.11 Å². The summed E-state index contributed by atoms with van der Waals surface area (Å²) in [5.41, 5.74) is 1.07. The molecule has 2 heterocycles. The van der Waals surface area contributed by atoms with Gasteiger partial charge in [-0.15, -0.1) is 0 Å². The Morgan fingerprint density at radius 3 is 2.58 bits per heavy atom. The number of carbonyl (C=O) groups excluding carboxylic acids is 1. The van der Waals surface area contributed by atoms with Crippen molar-refractivity contribution in [3.8, 4) is 0 Å². The van der Waals surface area contributed by atoms with Gasteiger partial charge in [0.15, 0.2) is 0 Å². The highest BCUT2D eigenvalue weighted by molar-refractivity contribution is 5.75. The first-order chi connectivity index (χ1) is 11.6. The summed E-state index contributed by atoms with van der Waals surface area (Å²) < 4.78 is 1.84. The monoisotopic (exact) mass is 334 g/mol. The number of urea groups is 1. The zero-order chi connectivity index (χ0) is 17.1. The van der Waals surface area contributed by atoms with Gasteiger partial charge in [0.1, 0.15) is 0 Å². The summed E-state index contributed by atoms with van der Waals surface area (Å²) in [6.07, 6.45) is 7.64. The number of carbonyl (C=O) groups is 2. The second-order valence-electron chi connectivity index (χ2n) is 6.92. The predicted octanol–water partition coefficient (Wildman–Crippen LogP) is 2.30. The van der Waals surface area contributed by atoms with E-state index in [2.05, 4.69) is 10.4 Å². The molecule has 1 atom stereocenters. The van der Waals surface area contributed by atoms with E-state index >= 15 is 0 Å². The van der Waals surface area contributed by atoms with Crippen LogP contribution in [-0.4, -0.2) is 44.4 Å². The minimum absolute atomic E-state index is 0.0281. The van der Waals surface area contributed by atoms with Crippen LogP contribution in [-0.2, 0) is 11.8 Å². The summed E-state index contributed by atoms with van der Waals surface area (Å²) in [7, 11) is 1.91. The van der Waals surface area contributed by atoms with Crippen molar-refractivity contribution in [3.63, 3.8) is 0 Å². The lowest BCUT2D eigenvalue weighted by molar-refractivity contribution is -0.142. The van der Waals surface area contributed by atoms with Crippen molar-refractivity contribution in [1.82, 2.24) is 20.0 Å². The van der Waals surface area contributed by atoms with Gasteiger partial charge < -0.3 is 15.3 Å². The molecule has 2 aliphatic rings. The lowest BCUT2D eigenvalue weighted by Gasteiger charge is -2.37. The summed E-state index contributed by atoms with van der Waals surface area (Å²) in [5.74, 6) is -0.970. The lowest BCUT2D eigenvalue weighted by atomic mass is 9.86. The van der Waals surface area contributed by atoms with Gasteiger partial charge in [0.25, 0.3) is 0 Å². The smallest absolute Gasteiger partial charge is 0.318 e. The molecule has 1 aromatic heterocycles. The molecule has 7 nitrogen and oxygen atoms in total. The Morgan fingerprint density at radius 2 is 1.96 bits per heavy atom. The predicted molar refractivity (Wildman–Crippen MR) is 88.4 cm³/mol. The van der Waals surface area contributed by atoms with Crippen LogP contribution < -0.4 is 5.32 Å². The molecule has 0 radical (unpaired) electrons. The molecule has 132 valence electrons. The zero-order valence-corrected chi connectivity index (χ0v) is 14.1. The Bertz CT molecular complexity index is 592. The molecule has 2 fully saturated rings. The van der Waals surface area contributed by atoms with Crippen molar-refractivity contribution in [2.45, 2.75) is 57.0 Å². The highest BCUT2D eigenvalue weighted by Gasteiger charge is 2.32. The number of carboxylic acid groups (broad SMARTS) is 1.